The number of aryl methyl sites for hydroxylation is 2. The molecule has 1 aromatic heterocycles. The monoisotopic (exact) mass is 272 g/mol. The highest BCUT2D eigenvalue weighted by molar-refractivity contribution is 5.40. The number of aliphatic hydroxyl groups excluding tert-OH is 1. The number of aliphatic hydroxyl groups is 1. The van der Waals surface area contributed by atoms with E-state index in [9.17, 15) is 5.11 Å². The average molecular weight is 272 g/mol. The molecular formula is C17H20O3. The SMILES string of the molecule is Cc1oc(C)c(C(O)c2ccc(OC3CC3)cc2)c1C. The van der Waals surface area contributed by atoms with Gasteiger partial charge in [-0.3, -0.25) is 0 Å². The molecule has 0 saturated heterocycles. The third-order valence-electron chi connectivity index (χ3n) is 3.91. The lowest BCUT2D eigenvalue weighted by Gasteiger charge is -2.13. The number of benzene rings is 1. The molecule has 1 aromatic carbocycles. The zero-order valence-electron chi connectivity index (χ0n) is 12.1. The molecule has 1 heterocycles. The Morgan fingerprint density at radius 2 is 1.75 bits per heavy atom. The molecule has 1 unspecified atom stereocenters. The van der Waals surface area contributed by atoms with Gasteiger partial charge in [-0.2, -0.15) is 0 Å². The van der Waals surface area contributed by atoms with Gasteiger partial charge in [-0.1, -0.05) is 12.1 Å². The van der Waals surface area contributed by atoms with E-state index in [0.29, 0.717) is 6.10 Å². The predicted octanol–water partition coefficient (Wildman–Crippen LogP) is 3.83. The number of hydrogen-bond donors (Lipinski definition) is 1. The first-order valence-electron chi connectivity index (χ1n) is 7.07. The number of furan rings is 1. The van der Waals surface area contributed by atoms with Crippen LogP contribution >= 0.6 is 0 Å². The Labute approximate surface area is 119 Å². The molecule has 0 amide bonds. The minimum Gasteiger partial charge on any atom is -0.490 e. The zero-order valence-corrected chi connectivity index (χ0v) is 12.1. The van der Waals surface area contributed by atoms with Gasteiger partial charge in [0.2, 0.25) is 0 Å². The fourth-order valence-electron chi connectivity index (χ4n) is 2.49. The number of rotatable bonds is 4. The summed E-state index contributed by atoms with van der Waals surface area (Å²) in [7, 11) is 0. The van der Waals surface area contributed by atoms with Gasteiger partial charge in [0.15, 0.2) is 0 Å². The van der Waals surface area contributed by atoms with Crippen molar-refractivity contribution in [1.29, 1.82) is 0 Å². The molecule has 0 spiro atoms. The van der Waals surface area contributed by atoms with Crippen molar-refractivity contribution in [2.45, 2.75) is 45.8 Å². The first-order chi connectivity index (χ1) is 9.56. The fourth-order valence-corrected chi connectivity index (χ4v) is 2.49. The Morgan fingerprint density at radius 1 is 1.10 bits per heavy atom. The molecule has 1 aliphatic rings. The van der Waals surface area contributed by atoms with Crippen molar-refractivity contribution in [1.82, 2.24) is 0 Å². The van der Waals surface area contributed by atoms with Crippen LogP contribution in [-0.2, 0) is 0 Å². The molecule has 2 aromatic rings. The molecule has 3 heteroatoms. The molecular weight excluding hydrogens is 252 g/mol. The van der Waals surface area contributed by atoms with Gasteiger partial charge in [-0.05, 0) is 56.9 Å². The highest BCUT2D eigenvalue weighted by Gasteiger charge is 2.24. The summed E-state index contributed by atoms with van der Waals surface area (Å²) >= 11 is 0. The van der Waals surface area contributed by atoms with E-state index >= 15 is 0 Å². The second-order valence-corrected chi connectivity index (χ2v) is 5.54. The first-order valence-corrected chi connectivity index (χ1v) is 7.07. The highest BCUT2D eigenvalue weighted by Crippen LogP contribution is 2.33. The summed E-state index contributed by atoms with van der Waals surface area (Å²) < 4.78 is 11.3. The van der Waals surface area contributed by atoms with Crippen LogP contribution in [0.15, 0.2) is 28.7 Å². The topological polar surface area (TPSA) is 42.6 Å². The van der Waals surface area contributed by atoms with Crippen LogP contribution in [0, 0.1) is 20.8 Å². The largest absolute Gasteiger partial charge is 0.490 e. The summed E-state index contributed by atoms with van der Waals surface area (Å²) in [5.74, 6) is 2.52. The van der Waals surface area contributed by atoms with Gasteiger partial charge in [-0.15, -0.1) is 0 Å². The van der Waals surface area contributed by atoms with Crippen molar-refractivity contribution in [3.63, 3.8) is 0 Å². The van der Waals surface area contributed by atoms with Crippen LogP contribution in [0.2, 0.25) is 0 Å². The van der Waals surface area contributed by atoms with Crippen LogP contribution in [-0.4, -0.2) is 11.2 Å². The lowest BCUT2D eigenvalue weighted by atomic mass is 9.98. The summed E-state index contributed by atoms with van der Waals surface area (Å²) in [6.45, 7) is 5.79. The van der Waals surface area contributed by atoms with Gasteiger partial charge in [0.25, 0.3) is 0 Å². The maximum Gasteiger partial charge on any atom is 0.119 e. The molecule has 3 nitrogen and oxygen atoms in total. The molecule has 1 saturated carbocycles. The van der Waals surface area contributed by atoms with E-state index in [1.54, 1.807) is 0 Å². The van der Waals surface area contributed by atoms with Gasteiger partial charge in [0, 0.05) is 5.56 Å². The normalized spacial score (nSPS) is 16.2. The molecule has 1 aliphatic carbocycles. The Kier molecular flexibility index (Phi) is 3.30. The summed E-state index contributed by atoms with van der Waals surface area (Å²) in [6, 6.07) is 7.69. The molecule has 3 rings (SSSR count). The van der Waals surface area contributed by atoms with E-state index in [0.717, 1.165) is 46.8 Å². The molecule has 0 aliphatic heterocycles. The zero-order chi connectivity index (χ0) is 14.3. The quantitative estimate of drug-likeness (QED) is 0.919. The fraction of sp³-hybridized carbons (Fsp3) is 0.412. The first kappa shape index (κ1) is 13.3. The summed E-state index contributed by atoms with van der Waals surface area (Å²) in [4.78, 5) is 0. The van der Waals surface area contributed by atoms with Crippen molar-refractivity contribution < 1.29 is 14.3 Å². The van der Waals surface area contributed by atoms with E-state index in [2.05, 4.69) is 0 Å². The smallest absolute Gasteiger partial charge is 0.119 e. The minimum atomic E-state index is -0.651. The van der Waals surface area contributed by atoms with Gasteiger partial charge in [0.1, 0.15) is 23.4 Å². The Hall–Kier alpha value is -1.74. The Morgan fingerprint density at radius 3 is 2.25 bits per heavy atom. The van der Waals surface area contributed by atoms with E-state index in [1.807, 2.05) is 45.0 Å². The van der Waals surface area contributed by atoms with E-state index in [1.165, 1.54) is 0 Å². The Balaban J connectivity index is 1.83. The second-order valence-electron chi connectivity index (χ2n) is 5.54. The maximum atomic E-state index is 10.6. The van der Waals surface area contributed by atoms with E-state index in [4.69, 9.17) is 9.15 Å². The lowest BCUT2D eigenvalue weighted by Crippen LogP contribution is -2.02. The van der Waals surface area contributed by atoms with E-state index < -0.39 is 6.10 Å². The standard InChI is InChI=1S/C17H20O3/c1-10-11(2)19-12(3)16(10)17(18)13-4-6-14(7-5-13)20-15-8-9-15/h4-7,15,17-18H,8-9H2,1-3H3. The van der Waals surface area contributed by atoms with Crippen LogP contribution < -0.4 is 4.74 Å². The molecule has 20 heavy (non-hydrogen) atoms. The van der Waals surface area contributed by atoms with Gasteiger partial charge < -0.3 is 14.3 Å². The second kappa shape index (κ2) is 4.98. The summed E-state index contributed by atoms with van der Waals surface area (Å²) in [5, 5.41) is 10.6. The summed E-state index contributed by atoms with van der Waals surface area (Å²) in [5.41, 5.74) is 2.76. The maximum absolute atomic E-state index is 10.6. The third kappa shape index (κ3) is 2.46. The van der Waals surface area contributed by atoms with Crippen LogP contribution in [0.5, 0.6) is 5.75 Å². The molecule has 0 radical (unpaired) electrons. The van der Waals surface area contributed by atoms with Crippen molar-refractivity contribution in [3.05, 3.63) is 52.5 Å². The van der Waals surface area contributed by atoms with Crippen LogP contribution in [0.25, 0.3) is 0 Å². The third-order valence-corrected chi connectivity index (χ3v) is 3.91. The van der Waals surface area contributed by atoms with Crippen LogP contribution in [0.1, 0.15) is 47.2 Å². The lowest BCUT2D eigenvalue weighted by molar-refractivity contribution is 0.217. The van der Waals surface area contributed by atoms with E-state index in [-0.39, 0.29) is 0 Å². The van der Waals surface area contributed by atoms with Crippen molar-refractivity contribution in [2.75, 3.05) is 0 Å². The van der Waals surface area contributed by atoms with Gasteiger partial charge in [0.05, 0.1) is 6.10 Å². The predicted molar refractivity (Wildman–Crippen MR) is 77.1 cm³/mol. The van der Waals surface area contributed by atoms with Crippen LogP contribution in [0.3, 0.4) is 0 Å². The molecule has 1 atom stereocenters. The van der Waals surface area contributed by atoms with Gasteiger partial charge >= 0.3 is 0 Å². The molecule has 1 fully saturated rings. The molecule has 0 bridgehead atoms. The van der Waals surface area contributed by atoms with Crippen LogP contribution in [0.4, 0.5) is 0 Å². The van der Waals surface area contributed by atoms with Crippen molar-refractivity contribution in [2.24, 2.45) is 0 Å². The number of ether oxygens (including phenoxy) is 1. The van der Waals surface area contributed by atoms with Crippen molar-refractivity contribution in [3.8, 4) is 5.75 Å². The minimum absolute atomic E-state index is 0.395. The van der Waals surface area contributed by atoms with Gasteiger partial charge in [-0.25, -0.2) is 0 Å². The molecule has 1 N–H and O–H groups in total. The van der Waals surface area contributed by atoms with Crippen molar-refractivity contribution >= 4 is 0 Å². The number of hydrogen-bond acceptors (Lipinski definition) is 3. The average Bonchev–Trinajstić information content (AvgIpc) is 3.19. The molecule has 106 valence electrons. The Bertz CT molecular complexity index is 606. The highest BCUT2D eigenvalue weighted by atomic mass is 16.5. The summed E-state index contributed by atoms with van der Waals surface area (Å²) in [6.07, 6.45) is 2.04.